The molecule has 4 nitrogen and oxygen atoms in total. The minimum Gasteiger partial charge on any atom is -0.348 e. The predicted molar refractivity (Wildman–Crippen MR) is 95.5 cm³/mol. The van der Waals surface area contributed by atoms with Gasteiger partial charge in [0.05, 0.1) is 5.56 Å². The Bertz CT molecular complexity index is 723. The van der Waals surface area contributed by atoms with E-state index in [0.717, 1.165) is 29.9 Å². The molecule has 1 fully saturated rings. The normalized spacial score (nSPS) is 14.8. The first kappa shape index (κ1) is 18.5. The number of amides is 1. The summed E-state index contributed by atoms with van der Waals surface area (Å²) in [5.74, 6) is 0.155. The molecule has 1 atom stereocenters. The molecule has 130 valence electrons. The molecule has 6 heteroatoms. The monoisotopic (exact) mass is 351 g/mol. The number of nitrogens with one attached hydrogen (secondary N) is 1. The lowest BCUT2D eigenvalue weighted by Gasteiger charge is -2.16. The van der Waals surface area contributed by atoms with Crippen molar-refractivity contribution in [2.45, 2.75) is 32.7 Å². The van der Waals surface area contributed by atoms with Crippen LogP contribution in [-0.2, 0) is 0 Å². The van der Waals surface area contributed by atoms with Crippen LogP contribution in [0.15, 0.2) is 30.3 Å². The molecule has 1 unspecified atom stereocenters. The second-order valence-electron chi connectivity index (χ2n) is 6.25. The third kappa shape index (κ3) is 3.62. The Kier molecular flexibility index (Phi) is 5.67. The first-order valence-electron chi connectivity index (χ1n) is 7.97. The van der Waals surface area contributed by atoms with E-state index in [-0.39, 0.29) is 30.2 Å². The van der Waals surface area contributed by atoms with Crippen molar-refractivity contribution in [1.29, 1.82) is 0 Å². The Morgan fingerprint density at radius 2 is 1.96 bits per heavy atom. The van der Waals surface area contributed by atoms with E-state index in [0.29, 0.717) is 18.0 Å². The van der Waals surface area contributed by atoms with Crippen LogP contribution in [0.25, 0.3) is 5.69 Å². The number of nitrogens with two attached hydrogens (primary N) is 1. The van der Waals surface area contributed by atoms with Crippen molar-refractivity contribution in [2.75, 3.05) is 6.54 Å². The molecular formula is C18H23ClFN3O. The highest BCUT2D eigenvalue weighted by molar-refractivity contribution is 5.96. The Balaban J connectivity index is 0.00000208. The summed E-state index contributed by atoms with van der Waals surface area (Å²) in [5, 5.41) is 3.05. The zero-order valence-corrected chi connectivity index (χ0v) is 14.7. The number of halogens is 2. The van der Waals surface area contributed by atoms with Gasteiger partial charge in [-0.2, -0.15) is 0 Å². The van der Waals surface area contributed by atoms with Gasteiger partial charge < -0.3 is 15.6 Å². The van der Waals surface area contributed by atoms with Crippen LogP contribution < -0.4 is 11.1 Å². The summed E-state index contributed by atoms with van der Waals surface area (Å²) in [7, 11) is 0. The van der Waals surface area contributed by atoms with Gasteiger partial charge in [-0.25, -0.2) is 4.39 Å². The fourth-order valence-corrected chi connectivity index (χ4v) is 3.09. The van der Waals surface area contributed by atoms with Crippen LogP contribution in [0.5, 0.6) is 0 Å². The largest absolute Gasteiger partial charge is 0.348 e. The third-order valence-electron chi connectivity index (χ3n) is 4.52. The van der Waals surface area contributed by atoms with E-state index in [4.69, 9.17) is 5.73 Å². The minimum absolute atomic E-state index is 0. The number of carbonyl (C=O) groups is 1. The summed E-state index contributed by atoms with van der Waals surface area (Å²) in [6, 6.07) is 8.19. The molecule has 24 heavy (non-hydrogen) atoms. The second kappa shape index (κ2) is 7.36. The van der Waals surface area contributed by atoms with Crippen LogP contribution in [0.3, 0.4) is 0 Å². The lowest BCUT2D eigenvalue weighted by molar-refractivity contribution is 0.0933. The average molecular weight is 352 g/mol. The van der Waals surface area contributed by atoms with E-state index in [1.165, 1.54) is 12.1 Å². The fraction of sp³-hybridized carbons (Fsp3) is 0.389. The van der Waals surface area contributed by atoms with Crippen molar-refractivity contribution in [3.8, 4) is 5.69 Å². The Morgan fingerprint density at radius 1 is 1.33 bits per heavy atom. The second-order valence-corrected chi connectivity index (χ2v) is 6.25. The number of carbonyl (C=O) groups excluding carboxylic acids is 1. The Hall–Kier alpha value is -1.85. The molecule has 0 bridgehead atoms. The number of benzene rings is 1. The number of nitrogens with zero attached hydrogens (tertiary/aromatic N) is 1. The highest BCUT2D eigenvalue weighted by atomic mass is 35.5. The van der Waals surface area contributed by atoms with Crippen LogP contribution >= 0.6 is 12.4 Å². The number of hydrogen-bond acceptors (Lipinski definition) is 2. The first-order chi connectivity index (χ1) is 11.0. The molecule has 1 aliphatic rings. The lowest BCUT2D eigenvalue weighted by atomic mass is 10.1. The third-order valence-corrected chi connectivity index (χ3v) is 4.52. The number of aryl methyl sites for hydroxylation is 1. The minimum atomic E-state index is -0.274. The Labute approximate surface area is 147 Å². The molecule has 1 saturated carbocycles. The van der Waals surface area contributed by atoms with Crippen LogP contribution in [0.4, 0.5) is 4.39 Å². The topological polar surface area (TPSA) is 60.1 Å². The molecular weight excluding hydrogens is 329 g/mol. The van der Waals surface area contributed by atoms with Gasteiger partial charge in [-0.1, -0.05) is 0 Å². The Morgan fingerprint density at radius 3 is 2.50 bits per heavy atom. The van der Waals surface area contributed by atoms with Gasteiger partial charge in [-0.3, -0.25) is 4.79 Å². The molecule has 2 aromatic rings. The summed E-state index contributed by atoms with van der Waals surface area (Å²) in [4.78, 5) is 12.6. The molecule has 0 aliphatic heterocycles. The SMILES string of the molecule is Cc1cc(C(=O)NC(CN)C2CC2)c(C)n1-c1ccc(F)cc1.Cl. The number of rotatable bonds is 5. The van der Waals surface area contributed by atoms with Crippen molar-refractivity contribution in [3.05, 3.63) is 53.1 Å². The van der Waals surface area contributed by atoms with E-state index >= 15 is 0 Å². The van der Waals surface area contributed by atoms with Gasteiger partial charge >= 0.3 is 0 Å². The summed E-state index contributed by atoms with van der Waals surface area (Å²) in [5.41, 5.74) is 9.04. The molecule has 0 spiro atoms. The molecule has 1 aromatic heterocycles. The van der Waals surface area contributed by atoms with Gasteiger partial charge in [0.1, 0.15) is 5.82 Å². The predicted octanol–water partition coefficient (Wildman–Crippen LogP) is 3.12. The van der Waals surface area contributed by atoms with Crippen molar-refractivity contribution >= 4 is 18.3 Å². The summed E-state index contributed by atoms with van der Waals surface area (Å²) in [6.45, 7) is 4.31. The van der Waals surface area contributed by atoms with E-state index in [9.17, 15) is 9.18 Å². The highest BCUT2D eigenvalue weighted by Crippen LogP contribution is 2.32. The van der Waals surface area contributed by atoms with Crippen molar-refractivity contribution < 1.29 is 9.18 Å². The maximum atomic E-state index is 13.1. The molecule has 1 aromatic carbocycles. The van der Waals surface area contributed by atoms with Gasteiger partial charge in [0.2, 0.25) is 0 Å². The van der Waals surface area contributed by atoms with Gasteiger partial charge in [-0.15, -0.1) is 12.4 Å². The molecule has 1 amide bonds. The van der Waals surface area contributed by atoms with E-state index in [1.807, 2.05) is 24.5 Å². The molecule has 3 rings (SSSR count). The van der Waals surface area contributed by atoms with Crippen molar-refractivity contribution in [3.63, 3.8) is 0 Å². The maximum absolute atomic E-state index is 13.1. The highest BCUT2D eigenvalue weighted by Gasteiger charge is 2.32. The standard InChI is InChI=1S/C18H22FN3O.ClH/c1-11-9-16(18(23)21-17(10-20)13-3-4-13)12(2)22(11)15-7-5-14(19)6-8-15;/h5-9,13,17H,3-4,10,20H2,1-2H3,(H,21,23);1H. The molecule has 0 radical (unpaired) electrons. The van der Waals surface area contributed by atoms with Crippen molar-refractivity contribution in [1.82, 2.24) is 9.88 Å². The van der Waals surface area contributed by atoms with Gasteiger partial charge in [0.15, 0.2) is 0 Å². The van der Waals surface area contributed by atoms with E-state index < -0.39 is 0 Å². The average Bonchev–Trinajstić information content (AvgIpc) is 3.32. The first-order valence-corrected chi connectivity index (χ1v) is 7.97. The summed E-state index contributed by atoms with van der Waals surface area (Å²) in [6.07, 6.45) is 2.27. The summed E-state index contributed by atoms with van der Waals surface area (Å²) >= 11 is 0. The zero-order chi connectivity index (χ0) is 16.6. The van der Waals surface area contributed by atoms with Gasteiger partial charge in [-0.05, 0) is 62.9 Å². The number of hydrogen-bond donors (Lipinski definition) is 2. The lowest BCUT2D eigenvalue weighted by Crippen LogP contribution is -2.41. The summed E-state index contributed by atoms with van der Waals surface area (Å²) < 4.78 is 15.1. The fourth-order valence-electron chi connectivity index (χ4n) is 3.09. The van der Waals surface area contributed by atoms with E-state index in [2.05, 4.69) is 5.32 Å². The van der Waals surface area contributed by atoms with Gasteiger partial charge in [0, 0.05) is 29.7 Å². The van der Waals surface area contributed by atoms with E-state index in [1.54, 1.807) is 12.1 Å². The molecule has 1 aliphatic carbocycles. The quantitative estimate of drug-likeness (QED) is 0.869. The van der Waals surface area contributed by atoms with Crippen molar-refractivity contribution in [2.24, 2.45) is 11.7 Å². The molecule has 1 heterocycles. The zero-order valence-electron chi connectivity index (χ0n) is 13.9. The molecule has 3 N–H and O–H groups in total. The number of aromatic nitrogens is 1. The maximum Gasteiger partial charge on any atom is 0.253 e. The van der Waals surface area contributed by atoms with Crippen LogP contribution in [-0.4, -0.2) is 23.1 Å². The van der Waals surface area contributed by atoms with Crippen LogP contribution in [0.2, 0.25) is 0 Å². The van der Waals surface area contributed by atoms with Gasteiger partial charge in [0.25, 0.3) is 5.91 Å². The van der Waals surface area contributed by atoms with Crippen LogP contribution in [0.1, 0.15) is 34.6 Å². The smallest absolute Gasteiger partial charge is 0.253 e. The van der Waals surface area contributed by atoms with Crippen LogP contribution in [0, 0.1) is 25.6 Å². The molecule has 0 saturated heterocycles.